The van der Waals surface area contributed by atoms with Gasteiger partial charge in [-0.1, -0.05) is 43.0 Å². The minimum absolute atomic E-state index is 0.00621. The molecule has 0 aliphatic carbocycles. The Balaban J connectivity index is 1.92. The Morgan fingerprint density at radius 2 is 1.73 bits per heavy atom. The van der Waals surface area contributed by atoms with E-state index in [1.54, 1.807) is 58.0 Å². The number of rotatable bonds is 10. The Kier molecular flexibility index (Phi) is 10.4. The summed E-state index contributed by atoms with van der Waals surface area (Å²) in [6.45, 7) is 10.9. The Labute approximate surface area is 240 Å². The molecule has 3 amide bonds. The minimum atomic E-state index is -1.09. The van der Waals surface area contributed by atoms with Crippen molar-refractivity contribution in [2.24, 2.45) is 0 Å². The van der Waals surface area contributed by atoms with Gasteiger partial charge in [-0.15, -0.1) is 6.58 Å². The van der Waals surface area contributed by atoms with Gasteiger partial charge in [0.2, 0.25) is 5.91 Å². The monoisotopic (exact) mass is 566 g/mol. The fraction of sp³-hybridized carbons (Fsp3) is 0.406. The van der Waals surface area contributed by atoms with E-state index in [0.29, 0.717) is 16.9 Å². The third-order valence-electron chi connectivity index (χ3n) is 6.54. The summed E-state index contributed by atoms with van der Waals surface area (Å²) in [6.07, 6.45) is 1.88. The molecule has 2 aromatic carbocycles. The quantitative estimate of drug-likeness (QED) is 0.153. The SMILES string of the molecule is C=CCOCC1(CC)CC(=O)N(c2c(F)cc(C#Cc3ccccc3)cc2F)C(=O)N1CCCC(=O)OC(C)(C)C. The Hall–Kier alpha value is -4.03. The van der Waals surface area contributed by atoms with Gasteiger partial charge >= 0.3 is 12.0 Å². The number of urea groups is 1. The van der Waals surface area contributed by atoms with E-state index in [0.717, 1.165) is 12.1 Å². The van der Waals surface area contributed by atoms with Gasteiger partial charge in [-0.3, -0.25) is 9.59 Å². The maximum absolute atomic E-state index is 15.4. The molecular weight excluding hydrogens is 530 g/mol. The zero-order chi connectivity index (χ0) is 30.2. The number of anilines is 1. The van der Waals surface area contributed by atoms with Crippen LogP contribution in [0.2, 0.25) is 0 Å². The van der Waals surface area contributed by atoms with E-state index in [-0.39, 0.29) is 44.6 Å². The molecule has 1 aliphatic rings. The number of nitrogens with zero attached hydrogens (tertiary/aromatic N) is 2. The molecule has 1 atom stereocenters. The van der Waals surface area contributed by atoms with Crippen molar-refractivity contribution in [1.29, 1.82) is 0 Å². The second-order valence-electron chi connectivity index (χ2n) is 10.8. The van der Waals surface area contributed by atoms with Gasteiger partial charge in [0.15, 0.2) is 11.6 Å². The molecule has 0 bridgehead atoms. The largest absolute Gasteiger partial charge is 0.460 e. The fourth-order valence-corrected chi connectivity index (χ4v) is 4.61. The fourth-order valence-electron chi connectivity index (χ4n) is 4.61. The molecule has 0 aromatic heterocycles. The number of hydrogen-bond donors (Lipinski definition) is 0. The van der Waals surface area contributed by atoms with Gasteiger partial charge in [0.05, 0.1) is 25.2 Å². The summed E-state index contributed by atoms with van der Waals surface area (Å²) in [6, 6.07) is 10.0. The van der Waals surface area contributed by atoms with Gasteiger partial charge in [0.25, 0.3) is 0 Å². The van der Waals surface area contributed by atoms with Crippen molar-refractivity contribution in [3.05, 3.63) is 77.9 Å². The molecule has 7 nitrogen and oxygen atoms in total. The van der Waals surface area contributed by atoms with Gasteiger partial charge in [-0.2, -0.15) is 0 Å². The number of carbonyl (C=O) groups is 3. The van der Waals surface area contributed by atoms with Crippen molar-refractivity contribution >= 4 is 23.6 Å². The first kappa shape index (κ1) is 31.5. The highest BCUT2D eigenvalue weighted by Crippen LogP contribution is 2.36. The van der Waals surface area contributed by atoms with Crippen molar-refractivity contribution in [1.82, 2.24) is 4.90 Å². The van der Waals surface area contributed by atoms with Crippen LogP contribution in [0.25, 0.3) is 0 Å². The molecule has 0 spiro atoms. The highest BCUT2D eigenvalue weighted by molar-refractivity contribution is 6.16. The first-order valence-corrected chi connectivity index (χ1v) is 13.5. The molecule has 9 heteroatoms. The molecule has 1 unspecified atom stereocenters. The number of benzene rings is 2. The van der Waals surface area contributed by atoms with Crippen LogP contribution < -0.4 is 4.90 Å². The predicted octanol–water partition coefficient (Wildman–Crippen LogP) is 6.00. The third kappa shape index (κ3) is 8.01. The summed E-state index contributed by atoms with van der Waals surface area (Å²) in [7, 11) is 0. The normalized spacial score (nSPS) is 17.2. The second-order valence-corrected chi connectivity index (χ2v) is 10.8. The molecule has 1 heterocycles. The lowest BCUT2D eigenvalue weighted by molar-refractivity contribution is -0.155. The molecule has 218 valence electrons. The number of carbonyl (C=O) groups excluding carboxylic acids is 3. The van der Waals surface area contributed by atoms with E-state index < -0.39 is 46.4 Å². The number of imide groups is 1. The Bertz CT molecular complexity index is 1320. The highest BCUT2D eigenvalue weighted by Gasteiger charge is 2.50. The maximum atomic E-state index is 15.4. The first-order chi connectivity index (χ1) is 19.4. The van der Waals surface area contributed by atoms with Crippen molar-refractivity contribution in [3.8, 4) is 11.8 Å². The molecule has 0 radical (unpaired) electrons. The lowest BCUT2D eigenvalue weighted by atomic mass is 9.87. The van der Waals surface area contributed by atoms with Crippen LogP contribution >= 0.6 is 0 Å². The zero-order valence-electron chi connectivity index (χ0n) is 24.0. The standard InChI is InChI=1S/C32H36F2N2O5/c1-6-18-40-22-32(7-2)21-27(37)36(30(39)35(32)17-11-14-28(38)41-31(3,4)5)29-25(33)19-24(20-26(29)34)16-15-23-12-9-8-10-13-23/h6,8-10,12-13,19-20H,1,7,11,14,17-18,21-22H2,2-5H3. The lowest BCUT2D eigenvalue weighted by Gasteiger charge is -2.48. The van der Waals surface area contributed by atoms with Crippen molar-refractivity contribution in [3.63, 3.8) is 0 Å². The van der Waals surface area contributed by atoms with Crippen LogP contribution in [-0.2, 0) is 19.1 Å². The number of amides is 3. The van der Waals surface area contributed by atoms with Gasteiger partial charge < -0.3 is 14.4 Å². The second kappa shape index (κ2) is 13.6. The van der Waals surface area contributed by atoms with Gasteiger partial charge in [0, 0.05) is 24.1 Å². The molecule has 0 saturated carbocycles. The van der Waals surface area contributed by atoms with Crippen molar-refractivity contribution in [2.75, 3.05) is 24.7 Å². The number of esters is 1. The smallest absolute Gasteiger partial charge is 0.332 e. The number of ether oxygens (including phenoxy) is 2. The highest BCUT2D eigenvalue weighted by atomic mass is 19.1. The summed E-state index contributed by atoms with van der Waals surface area (Å²) < 4.78 is 41.8. The molecular formula is C32H36F2N2O5. The molecule has 41 heavy (non-hydrogen) atoms. The first-order valence-electron chi connectivity index (χ1n) is 13.5. The van der Waals surface area contributed by atoms with Crippen LogP contribution in [0.4, 0.5) is 19.3 Å². The minimum Gasteiger partial charge on any atom is -0.460 e. The zero-order valence-corrected chi connectivity index (χ0v) is 24.0. The van der Waals surface area contributed by atoms with Crippen LogP contribution in [0.1, 0.15) is 64.5 Å². The molecule has 2 aromatic rings. The van der Waals surface area contributed by atoms with E-state index in [2.05, 4.69) is 18.4 Å². The summed E-state index contributed by atoms with van der Waals surface area (Å²) in [5.74, 6) is 2.16. The van der Waals surface area contributed by atoms with Gasteiger partial charge in [-0.05, 0) is 57.9 Å². The van der Waals surface area contributed by atoms with E-state index >= 15 is 8.78 Å². The number of halogens is 2. The van der Waals surface area contributed by atoms with Crippen LogP contribution in [0.5, 0.6) is 0 Å². The van der Waals surface area contributed by atoms with Gasteiger partial charge in [-0.25, -0.2) is 18.5 Å². The third-order valence-corrected chi connectivity index (χ3v) is 6.54. The Morgan fingerprint density at radius 3 is 2.32 bits per heavy atom. The summed E-state index contributed by atoms with van der Waals surface area (Å²) in [5.41, 5.74) is -1.79. The summed E-state index contributed by atoms with van der Waals surface area (Å²) >= 11 is 0. The van der Waals surface area contributed by atoms with Crippen LogP contribution in [0.3, 0.4) is 0 Å². The molecule has 0 N–H and O–H groups in total. The van der Waals surface area contributed by atoms with Gasteiger partial charge in [0.1, 0.15) is 11.3 Å². The summed E-state index contributed by atoms with van der Waals surface area (Å²) in [5, 5.41) is 0. The average molecular weight is 567 g/mol. The summed E-state index contributed by atoms with van der Waals surface area (Å²) in [4.78, 5) is 41.4. The van der Waals surface area contributed by atoms with Crippen molar-refractivity contribution in [2.45, 2.75) is 64.5 Å². The maximum Gasteiger partial charge on any atom is 0.332 e. The molecule has 1 fully saturated rings. The van der Waals surface area contributed by atoms with Crippen LogP contribution in [0, 0.1) is 23.5 Å². The van der Waals surface area contributed by atoms with Crippen LogP contribution in [0.15, 0.2) is 55.1 Å². The Morgan fingerprint density at radius 1 is 1.10 bits per heavy atom. The average Bonchev–Trinajstić information content (AvgIpc) is 2.90. The topological polar surface area (TPSA) is 76.2 Å². The lowest BCUT2D eigenvalue weighted by Crippen LogP contribution is -2.66. The van der Waals surface area contributed by atoms with Crippen LogP contribution in [-0.4, -0.2) is 53.7 Å². The predicted molar refractivity (Wildman–Crippen MR) is 152 cm³/mol. The molecule has 1 saturated heterocycles. The van der Waals surface area contributed by atoms with E-state index in [9.17, 15) is 14.4 Å². The molecule has 1 aliphatic heterocycles. The van der Waals surface area contributed by atoms with Crippen molar-refractivity contribution < 1.29 is 32.6 Å². The van der Waals surface area contributed by atoms with E-state index in [1.165, 1.54) is 4.90 Å². The van der Waals surface area contributed by atoms with E-state index in [1.807, 2.05) is 6.07 Å². The van der Waals surface area contributed by atoms with E-state index in [4.69, 9.17) is 9.47 Å². The number of hydrogen-bond acceptors (Lipinski definition) is 5. The molecule has 3 rings (SSSR count).